The van der Waals surface area contributed by atoms with Crippen LogP contribution in [-0.2, 0) is 29.1 Å². The van der Waals surface area contributed by atoms with Gasteiger partial charge in [0.25, 0.3) is 0 Å². The number of rotatable bonds is 5. The maximum Gasteiger partial charge on any atom is 0.342 e. The highest BCUT2D eigenvalue weighted by atomic mass is 32.2. The number of carbonyl (C=O) groups is 2. The van der Waals surface area contributed by atoms with E-state index < -0.39 is 39.5 Å². The summed E-state index contributed by atoms with van der Waals surface area (Å²) in [6, 6.07) is 5.45. The number of benzene rings is 1. The number of hydrogen-bond donors (Lipinski definition) is 2. The predicted molar refractivity (Wildman–Crippen MR) is 91.5 cm³/mol. The highest BCUT2D eigenvalue weighted by molar-refractivity contribution is 7.89. The molecule has 0 radical (unpaired) electrons. The number of sulfonamides is 1. The molecule has 142 valence electrons. The number of aryl methyl sites for hydroxylation is 1. The zero-order valence-corrected chi connectivity index (χ0v) is 15.4. The van der Waals surface area contributed by atoms with E-state index in [1.807, 2.05) is 6.92 Å². The van der Waals surface area contributed by atoms with Crippen LogP contribution >= 0.6 is 0 Å². The number of aliphatic hydroxyl groups is 1. The summed E-state index contributed by atoms with van der Waals surface area (Å²) in [7, 11) is -1.65. The van der Waals surface area contributed by atoms with Gasteiger partial charge in [0.2, 0.25) is 10.0 Å². The molecule has 2 rings (SSSR count). The predicted octanol–water partition coefficient (Wildman–Crippen LogP) is 0.295. The number of methoxy groups -OCH3 is 2. The molecule has 26 heavy (non-hydrogen) atoms. The third kappa shape index (κ3) is 3.95. The molecule has 0 unspecified atom stereocenters. The van der Waals surface area contributed by atoms with Gasteiger partial charge in [0.1, 0.15) is 5.92 Å². The van der Waals surface area contributed by atoms with Gasteiger partial charge >= 0.3 is 11.9 Å². The van der Waals surface area contributed by atoms with E-state index in [4.69, 9.17) is 0 Å². The first-order valence-corrected chi connectivity index (χ1v) is 9.29. The second kappa shape index (κ2) is 7.56. The summed E-state index contributed by atoms with van der Waals surface area (Å²) in [6.07, 6.45) is 2.22. The summed E-state index contributed by atoms with van der Waals surface area (Å²) in [6.45, 7) is 1.84. The summed E-state index contributed by atoms with van der Waals surface area (Å²) in [5.41, 5.74) is -1.30. The Labute approximate surface area is 151 Å². The van der Waals surface area contributed by atoms with Crippen LogP contribution in [0.15, 0.2) is 41.3 Å². The van der Waals surface area contributed by atoms with Crippen LogP contribution in [0.4, 0.5) is 0 Å². The molecular formula is C17H21NO7S. The van der Waals surface area contributed by atoms with E-state index in [1.165, 1.54) is 18.2 Å². The molecular weight excluding hydrogens is 362 g/mol. The van der Waals surface area contributed by atoms with E-state index in [1.54, 1.807) is 12.1 Å². The molecule has 1 aliphatic rings. The molecule has 0 saturated carbocycles. The second-order valence-corrected chi connectivity index (χ2v) is 7.74. The van der Waals surface area contributed by atoms with Crippen molar-refractivity contribution in [2.24, 2.45) is 5.92 Å². The minimum Gasteiger partial charge on any atom is -0.469 e. The summed E-state index contributed by atoms with van der Waals surface area (Å²) in [4.78, 5) is 24.0. The van der Waals surface area contributed by atoms with Crippen molar-refractivity contribution in [2.75, 3.05) is 14.2 Å². The Morgan fingerprint density at radius 1 is 1.19 bits per heavy atom. The summed E-state index contributed by atoms with van der Waals surface area (Å²) >= 11 is 0. The lowest BCUT2D eigenvalue weighted by Crippen LogP contribution is -2.54. The van der Waals surface area contributed by atoms with Crippen molar-refractivity contribution in [2.45, 2.75) is 29.9 Å². The normalized spacial score (nSPS) is 25.5. The Hall–Kier alpha value is -2.23. The molecule has 0 saturated heterocycles. The second-order valence-electron chi connectivity index (χ2n) is 6.03. The van der Waals surface area contributed by atoms with Crippen LogP contribution in [0.3, 0.4) is 0 Å². The van der Waals surface area contributed by atoms with Crippen molar-refractivity contribution in [1.29, 1.82) is 0 Å². The highest BCUT2D eigenvalue weighted by Gasteiger charge is 2.50. The summed E-state index contributed by atoms with van der Waals surface area (Å²) in [5, 5.41) is 10.5. The van der Waals surface area contributed by atoms with Gasteiger partial charge in [0, 0.05) is 6.04 Å². The van der Waals surface area contributed by atoms with Gasteiger partial charge in [0.15, 0.2) is 5.60 Å². The van der Waals surface area contributed by atoms with Gasteiger partial charge in [-0.2, -0.15) is 0 Å². The van der Waals surface area contributed by atoms with E-state index in [9.17, 15) is 23.1 Å². The van der Waals surface area contributed by atoms with Gasteiger partial charge in [-0.3, -0.25) is 4.79 Å². The van der Waals surface area contributed by atoms with Crippen LogP contribution < -0.4 is 4.72 Å². The average molecular weight is 383 g/mol. The summed E-state index contributed by atoms with van der Waals surface area (Å²) < 4.78 is 36.6. The lowest BCUT2D eigenvalue weighted by molar-refractivity contribution is -0.173. The number of carbonyl (C=O) groups excluding carboxylic acids is 2. The fourth-order valence-corrected chi connectivity index (χ4v) is 3.96. The fraction of sp³-hybridized carbons (Fsp3) is 0.412. The first kappa shape index (κ1) is 20.1. The van der Waals surface area contributed by atoms with E-state index >= 15 is 0 Å². The van der Waals surface area contributed by atoms with Crippen molar-refractivity contribution >= 4 is 22.0 Å². The summed E-state index contributed by atoms with van der Waals surface area (Å²) in [5.74, 6) is -3.18. The Kier molecular flexibility index (Phi) is 5.84. The molecule has 0 fully saturated rings. The molecule has 1 aromatic rings. The molecule has 0 bridgehead atoms. The average Bonchev–Trinajstić information content (AvgIpc) is 2.62. The van der Waals surface area contributed by atoms with E-state index in [0.29, 0.717) is 0 Å². The van der Waals surface area contributed by atoms with Gasteiger partial charge < -0.3 is 14.6 Å². The minimum absolute atomic E-state index is 0.0694. The van der Waals surface area contributed by atoms with Crippen molar-refractivity contribution in [3.8, 4) is 0 Å². The lowest BCUT2D eigenvalue weighted by atomic mass is 9.78. The first-order valence-electron chi connectivity index (χ1n) is 7.81. The zero-order valence-electron chi connectivity index (χ0n) is 14.6. The topological polar surface area (TPSA) is 119 Å². The zero-order chi connectivity index (χ0) is 19.5. The molecule has 0 aromatic heterocycles. The molecule has 0 amide bonds. The van der Waals surface area contributed by atoms with Crippen LogP contribution in [0, 0.1) is 12.8 Å². The Morgan fingerprint density at radius 2 is 1.81 bits per heavy atom. The standard InChI is InChI=1S/C17H21NO7S/c1-11-4-6-13(7-5-11)26(22,23)18-12-8-9-17(21,16(20)25-3)14(10-12)15(19)24-2/h4-9,12,14,18,21H,10H2,1-3H3/t12-,14-,17-/m1/s1. The molecule has 8 nitrogen and oxygen atoms in total. The molecule has 9 heteroatoms. The number of ether oxygens (including phenoxy) is 2. The maximum absolute atomic E-state index is 12.5. The molecule has 0 spiro atoms. The van der Waals surface area contributed by atoms with Gasteiger partial charge in [-0.15, -0.1) is 0 Å². The maximum atomic E-state index is 12.5. The largest absolute Gasteiger partial charge is 0.469 e. The number of nitrogens with one attached hydrogen (secondary N) is 1. The third-order valence-electron chi connectivity index (χ3n) is 4.24. The van der Waals surface area contributed by atoms with Crippen LogP contribution in [-0.4, -0.2) is 51.3 Å². The minimum atomic E-state index is -3.85. The van der Waals surface area contributed by atoms with Gasteiger partial charge in [-0.05, 0) is 31.6 Å². The van der Waals surface area contributed by atoms with Gasteiger partial charge in [0.05, 0.1) is 19.1 Å². The van der Waals surface area contributed by atoms with Crippen molar-refractivity contribution in [1.82, 2.24) is 4.72 Å². The molecule has 3 atom stereocenters. The van der Waals surface area contributed by atoms with E-state index in [-0.39, 0.29) is 11.3 Å². The van der Waals surface area contributed by atoms with Crippen molar-refractivity contribution < 1.29 is 32.6 Å². The Balaban J connectivity index is 2.29. The number of esters is 2. The highest BCUT2D eigenvalue weighted by Crippen LogP contribution is 2.32. The van der Waals surface area contributed by atoms with E-state index in [0.717, 1.165) is 25.9 Å². The monoisotopic (exact) mass is 383 g/mol. The Morgan fingerprint density at radius 3 is 2.35 bits per heavy atom. The molecule has 1 aromatic carbocycles. The molecule has 2 N–H and O–H groups in total. The first-order chi connectivity index (χ1) is 12.1. The number of hydrogen-bond acceptors (Lipinski definition) is 7. The fourth-order valence-electron chi connectivity index (χ4n) is 2.76. The Bertz CT molecular complexity index is 816. The van der Waals surface area contributed by atoms with Crippen LogP contribution in [0.5, 0.6) is 0 Å². The SMILES string of the molecule is COC(=O)[C@H]1C[C@H](NS(=O)(=O)c2ccc(C)cc2)C=C[C@]1(O)C(=O)OC. The van der Waals surface area contributed by atoms with Crippen LogP contribution in [0.1, 0.15) is 12.0 Å². The van der Waals surface area contributed by atoms with Crippen LogP contribution in [0.2, 0.25) is 0 Å². The molecule has 1 aliphatic carbocycles. The van der Waals surface area contributed by atoms with Crippen molar-refractivity contribution in [3.05, 3.63) is 42.0 Å². The van der Waals surface area contributed by atoms with Gasteiger partial charge in [-0.25, -0.2) is 17.9 Å². The third-order valence-corrected chi connectivity index (χ3v) is 5.75. The molecule has 0 heterocycles. The lowest BCUT2D eigenvalue weighted by Gasteiger charge is -2.34. The molecule has 0 aliphatic heterocycles. The van der Waals surface area contributed by atoms with Crippen LogP contribution in [0.25, 0.3) is 0 Å². The quantitative estimate of drug-likeness (QED) is 0.554. The van der Waals surface area contributed by atoms with Gasteiger partial charge in [-0.1, -0.05) is 23.8 Å². The van der Waals surface area contributed by atoms with Crippen molar-refractivity contribution in [3.63, 3.8) is 0 Å². The smallest absolute Gasteiger partial charge is 0.342 e. The van der Waals surface area contributed by atoms with E-state index in [2.05, 4.69) is 14.2 Å².